The lowest BCUT2D eigenvalue weighted by Crippen LogP contribution is -2.24. The van der Waals surface area contributed by atoms with Crippen LogP contribution in [-0.2, 0) is 16.6 Å². The molecule has 2 N–H and O–H groups in total. The SMILES string of the molecule is C#CCCNS(=O)(=O)c1ccc(CNC2CC2)o1. The summed E-state index contributed by atoms with van der Waals surface area (Å²) in [5.41, 5.74) is 0. The van der Waals surface area contributed by atoms with Crippen LogP contribution in [-0.4, -0.2) is 21.0 Å². The van der Waals surface area contributed by atoms with Gasteiger partial charge in [-0.15, -0.1) is 12.3 Å². The van der Waals surface area contributed by atoms with Crippen LogP contribution in [0.25, 0.3) is 0 Å². The predicted octanol–water partition coefficient (Wildman–Crippen LogP) is 0.833. The van der Waals surface area contributed by atoms with Gasteiger partial charge in [0.2, 0.25) is 5.09 Å². The van der Waals surface area contributed by atoms with E-state index < -0.39 is 10.0 Å². The quantitative estimate of drug-likeness (QED) is 0.567. The van der Waals surface area contributed by atoms with Crippen LogP contribution in [0, 0.1) is 12.3 Å². The molecule has 5 nitrogen and oxygen atoms in total. The number of sulfonamides is 1. The van der Waals surface area contributed by atoms with Gasteiger partial charge in [-0.3, -0.25) is 0 Å². The average molecular weight is 268 g/mol. The Kier molecular flexibility index (Phi) is 4.07. The summed E-state index contributed by atoms with van der Waals surface area (Å²) in [6, 6.07) is 3.69. The Labute approximate surface area is 107 Å². The van der Waals surface area contributed by atoms with Crippen molar-refractivity contribution in [3.63, 3.8) is 0 Å². The van der Waals surface area contributed by atoms with Gasteiger partial charge in [0.1, 0.15) is 5.76 Å². The summed E-state index contributed by atoms with van der Waals surface area (Å²) in [7, 11) is -3.57. The summed E-state index contributed by atoms with van der Waals surface area (Å²) in [5, 5.41) is 3.19. The minimum absolute atomic E-state index is 0.0629. The molecule has 2 rings (SSSR count). The zero-order valence-corrected chi connectivity index (χ0v) is 10.8. The van der Waals surface area contributed by atoms with E-state index >= 15 is 0 Å². The molecule has 0 radical (unpaired) electrons. The molecule has 0 amide bonds. The molecule has 1 fully saturated rings. The van der Waals surface area contributed by atoms with Crippen molar-refractivity contribution < 1.29 is 12.8 Å². The van der Waals surface area contributed by atoms with Gasteiger partial charge in [0.15, 0.2) is 0 Å². The largest absolute Gasteiger partial charge is 0.447 e. The normalized spacial score (nSPS) is 15.5. The van der Waals surface area contributed by atoms with E-state index in [-0.39, 0.29) is 11.6 Å². The van der Waals surface area contributed by atoms with Crippen LogP contribution in [0.15, 0.2) is 21.6 Å². The van der Waals surface area contributed by atoms with E-state index in [9.17, 15) is 8.42 Å². The van der Waals surface area contributed by atoms with Crippen molar-refractivity contribution in [1.82, 2.24) is 10.0 Å². The van der Waals surface area contributed by atoms with Crippen molar-refractivity contribution in [2.24, 2.45) is 0 Å². The number of rotatable bonds is 7. The predicted molar refractivity (Wildman–Crippen MR) is 67.2 cm³/mol. The zero-order chi connectivity index (χ0) is 13.0. The minimum Gasteiger partial charge on any atom is -0.447 e. The maximum absolute atomic E-state index is 11.8. The van der Waals surface area contributed by atoms with Gasteiger partial charge in [-0.05, 0) is 25.0 Å². The Balaban J connectivity index is 1.92. The van der Waals surface area contributed by atoms with E-state index in [0.717, 1.165) is 0 Å². The molecule has 0 bridgehead atoms. The molecule has 1 saturated carbocycles. The van der Waals surface area contributed by atoms with Gasteiger partial charge in [0, 0.05) is 19.0 Å². The monoisotopic (exact) mass is 268 g/mol. The summed E-state index contributed by atoms with van der Waals surface area (Å²) >= 11 is 0. The van der Waals surface area contributed by atoms with Crippen molar-refractivity contribution in [3.8, 4) is 12.3 Å². The molecular formula is C12H16N2O3S. The van der Waals surface area contributed by atoms with Crippen molar-refractivity contribution in [1.29, 1.82) is 0 Å². The summed E-state index contributed by atoms with van der Waals surface area (Å²) < 4.78 is 31.2. The molecule has 1 aliphatic rings. The number of hydrogen-bond acceptors (Lipinski definition) is 4. The highest BCUT2D eigenvalue weighted by atomic mass is 32.2. The molecule has 0 spiro atoms. The molecule has 0 aliphatic heterocycles. The lowest BCUT2D eigenvalue weighted by molar-refractivity contribution is 0.399. The van der Waals surface area contributed by atoms with Gasteiger partial charge in [0.05, 0.1) is 6.54 Å². The van der Waals surface area contributed by atoms with Crippen LogP contribution in [0.5, 0.6) is 0 Å². The lowest BCUT2D eigenvalue weighted by Gasteiger charge is -2.02. The number of furan rings is 1. The maximum atomic E-state index is 11.8. The zero-order valence-electron chi connectivity index (χ0n) is 9.98. The Morgan fingerprint density at radius 3 is 2.89 bits per heavy atom. The molecule has 0 aromatic carbocycles. The van der Waals surface area contributed by atoms with Crippen LogP contribution in [0.3, 0.4) is 0 Å². The van der Waals surface area contributed by atoms with Crippen molar-refractivity contribution in [3.05, 3.63) is 17.9 Å². The van der Waals surface area contributed by atoms with Crippen molar-refractivity contribution in [2.45, 2.75) is 36.9 Å². The van der Waals surface area contributed by atoms with Gasteiger partial charge in [-0.2, -0.15) is 0 Å². The van der Waals surface area contributed by atoms with Gasteiger partial charge in [0.25, 0.3) is 10.0 Å². The Hall–Kier alpha value is -1.29. The third-order valence-electron chi connectivity index (χ3n) is 2.61. The molecule has 6 heteroatoms. The van der Waals surface area contributed by atoms with Gasteiger partial charge >= 0.3 is 0 Å². The molecule has 1 aromatic rings. The number of hydrogen-bond donors (Lipinski definition) is 2. The van der Waals surface area contributed by atoms with E-state index in [1.165, 1.54) is 18.9 Å². The topological polar surface area (TPSA) is 71.3 Å². The maximum Gasteiger partial charge on any atom is 0.273 e. The molecule has 0 unspecified atom stereocenters. The first kappa shape index (κ1) is 13.1. The third-order valence-corrected chi connectivity index (χ3v) is 3.94. The van der Waals surface area contributed by atoms with E-state index in [1.54, 1.807) is 6.07 Å². The third kappa shape index (κ3) is 3.60. The molecule has 1 aromatic heterocycles. The second-order valence-corrected chi connectivity index (χ2v) is 5.93. The fraction of sp³-hybridized carbons (Fsp3) is 0.500. The van der Waals surface area contributed by atoms with Crippen molar-refractivity contribution in [2.75, 3.05) is 6.54 Å². The summed E-state index contributed by atoms with van der Waals surface area (Å²) in [5.74, 6) is 2.99. The number of terminal acetylenes is 1. The van der Waals surface area contributed by atoms with E-state index in [1.807, 2.05) is 0 Å². The summed E-state index contributed by atoms with van der Waals surface area (Å²) in [6.07, 6.45) is 7.78. The molecule has 0 atom stereocenters. The number of nitrogens with one attached hydrogen (secondary N) is 2. The van der Waals surface area contributed by atoms with Crippen LogP contribution < -0.4 is 10.0 Å². The minimum atomic E-state index is -3.57. The lowest BCUT2D eigenvalue weighted by atomic mass is 10.4. The van der Waals surface area contributed by atoms with Crippen LogP contribution in [0.4, 0.5) is 0 Å². The van der Waals surface area contributed by atoms with E-state index in [4.69, 9.17) is 10.8 Å². The molecule has 18 heavy (non-hydrogen) atoms. The summed E-state index contributed by atoms with van der Waals surface area (Å²) in [6.45, 7) is 0.778. The highest BCUT2D eigenvalue weighted by molar-refractivity contribution is 7.89. The Morgan fingerprint density at radius 2 is 2.22 bits per heavy atom. The first-order chi connectivity index (χ1) is 8.62. The Morgan fingerprint density at radius 1 is 1.44 bits per heavy atom. The summed E-state index contributed by atoms with van der Waals surface area (Å²) in [4.78, 5) is 0. The average Bonchev–Trinajstić information content (AvgIpc) is 3.03. The van der Waals surface area contributed by atoms with Gasteiger partial charge in [-0.1, -0.05) is 0 Å². The van der Waals surface area contributed by atoms with E-state index in [0.29, 0.717) is 24.8 Å². The van der Waals surface area contributed by atoms with Crippen LogP contribution >= 0.6 is 0 Å². The Bertz CT molecular complexity index is 538. The second kappa shape index (κ2) is 5.57. The molecule has 1 aliphatic carbocycles. The van der Waals surface area contributed by atoms with Gasteiger partial charge < -0.3 is 9.73 Å². The highest BCUT2D eigenvalue weighted by Gasteiger charge is 2.22. The van der Waals surface area contributed by atoms with Crippen molar-refractivity contribution >= 4 is 10.0 Å². The molecular weight excluding hydrogens is 252 g/mol. The molecule has 98 valence electrons. The van der Waals surface area contributed by atoms with E-state index in [2.05, 4.69) is 16.0 Å². The smallest absolute Gasteiger partial charge is 0.273 e. The second-order valence-electron chi connectivity index (χ2n) is 4.23. The first-order valence-electron chi connectivity index (χ1n) is 5.87. The molecule has 1 heterocycles. The fourth-order valence-electron chi connectivity index (χ4n) is 1.46. The molecule has 0 saturated heterocycles. The van der Waals surface area contributed by atoms with Crippen LogP contribution in [0.2, 0.25) is 0 Å². The van der Waals surface area contributed by atoms with Crippen LogP contribution in [0.1, 0.15) is 25.0 Å². The fourth-order valence-corrected chi connectivity index (χ4v) is 2.44. The first-order valence-corrected chi connectivity index (χ1v) is 7.35. The highest BCUT2D eigenvalue weighted by Crippen LogP contribution is 2.20. The van der Waals surface area contributed by atoms with Gasteiger partial charge in [-0.25, -0.2) is 13.1 Å². The standard InChI is InChI=1S/C12H16N2O3S/c1-2-3-8-14-18(15,16)12-7-6-11(17-12)9-13-10-4-5-10/h1,6-7,10,13-14H,3-5,8-9H2.